The van der Waals surface area contributed by atoms with E-state index < -0.39 is 0 Å². The molecular formula is C45H44N2O6. The van der Waals surface area contributed by atoms with Crippen molar-refractivity contribution in [1.82, 2.24) is 9.80 Å². The molecule has 6 aromatic rings. The zero-order valence-corrected chi connectivity index (χ0v) is 30.7. The molecule has 0 saturated heterocycles. The molecule has 0 atom stereocenters. The van der Waals surface area contributed by atoms with Crippen LogP contribution in [0, 0.1) is 0 Å². The molecule has 270 valence electrons. The fourth-order valence-electron chi connectivity index (χ4n) is 8.72. The predicted molar refractivity (Wildman–Crippen MR) is 209 cm³/mol. The fraction of sp³-hybridized carbons (Fsp3) is 0.333. The van der Waals surface area contributed by atoms with E-state index in [4.69, 9.17) is 9.47 Å². The topological polar surface area (TPSA) is 93.2 Å². The quantitative estimate of drug-likeness (QED) is 0.0456. The Balaban J connectivity index is 1.11. The van der Waals surface area contributed by atoms with Crippen molar-refractivity contribution in [3.63, 3.8) is 0 Å². The number of fused-ring (bicyclic) bond motifs is 2. The lowest BCUT2D eigenvalue weighted by Gasteiger charge is -2.30. The average Bonchev–Trinajstić information content (AvgIpc) is 3.18. The molecule has 8 rings (SSSR count). The number of unbranched alkanes of at least 4 members (excludes halogenated alkanes) is 9. The molecule has 0 aromatic heterocycles. The first-order chi connectivity index (χ1) is 25.9. The largest absolute Gasteiger partial charge is 0.493 e. The maximum Gasteiger partial charge on any atom is 0.261 e. The van der Waals surface area contributed by atoms with Gasteiger partial charge in [0.05, 0.1) is 20.8 Å². The van der Waals surface area contributed by atoms with E-state index in [2.05, 4.69) is 6.92 Å². The monoisotopic (exact) mass is 708 g/mol. The van der Waals surface area contributed by atoms with Crippen molar-refractivity contribution < 1.29 is 28.7 Å². The van der Waals surface area contributed by atoms with Crippen LogP contribution >= 0.6 is 0 Å². The van der Waals surface area contributed by atoms with Crippen molar-refractivity contribution in [3.8, 4) is 11.5 Å². The number of carbonyl (C=O) groups is 4. The number of benzene rings is 6. The highest BCUT2D eigenvalue weighted by molar-refractivity contribution is 6.41. The summed E-state index contributed by atoms with van der Waals surface area (Å²) in [5, 5.41) is 6.48. The number of nitrogens with zero attached hydrogens (tertiary/aromatic N) is 2. The minimum absolute atomic E-state index is 0.0223. The Morgan fingerprint density at radius 3 is 1.34 bits per heavy atom. The first-order valence-corrected chi connectivity index (χ1v) is 19.0. The summed E-state index contributed by atoms with van der Waals surface area (Å²) in [5.41, 5.74) is 2.63. The summed E-state index contributed by atoms with van der Waals surface area (Å²) < 4.78 is 11.0. The lowest BCUT2D eigenvalue weighted by Crippen LogP contribution is -2.41. The second-order valence-corrected chi connectivity index (χ2v) is 14.4. The van der Waals surface area contributed by atoms with Gasteiger partial charge in [-0.2, -0.15) is 0 Å². The molecule has 2 heterocycles. The van der Waals surface area contributed by atoms with E-state index in [1.807, 2.05) is 42.5 Å². The van der Waals surface area contributed by atoms with Crippen molar-refractivity contribution >= 4 is 66.7 Å². The van der Waals surface area contributed by atoms with Gasteiger partial charge in [-0.1, -0.05) is 101 Å². The third kappa shape index (κ3) is 5.58. The Labute approximate surface area is 309 Å². The first kappa shape index (κ1) is 34.6. The number of hydrogen-bond donors (Lipinski definition) is 0. The van der Waals surface area contributed by atoms with E-state index in [9.17, 15) is 19.2 Å². The highest BCUT2D eigenvalue weighted by Gasteiger charge is 2.37. The summed E-state index contributed by atoms with van der Waals surface area (Å²) in [5.74, 6) is -0.271. The lowest BCUT2D eigenvalue weighted by atomic mass is 9.82. The zero-order chi connectivity index (χ0) is 36.8. The maximum absolute atomic E-state index is 14.1. The third-order valence-corrected chi connectivity index (χ3v) is 11.4. The molecule has 0 aliphatic carbocycles. The molecule has 0 radical (unpaired) electrons. The Hall–Kier alpha value is -5.50. The molecular weight excluding hydrogens is 665 g/mol. The number of amides is 4. The standard InChI is InChI=1S/C45H44N2O6/c1-4-5-6-7-8-9-10-11-12-13-25-46-42(48)32-21-17-28-30-19-23-34-40-35(24-20-31(38(30)40)29-18-22-33(43(46)49)39(32)37(28)29)45(51)47(44(34)50)26-27-15-14-16-36(52-2)41(27)53-3/h14-24H,4-13,25-26H2,1-3H3. The van der Waals surface area contributed by atoms with Gasteiger partial charge in [-0.15, -0.1) is 0 Å². The van der Waals surface area contributed by atoms with Crippen LogP contribution in [0.3, 0.4) is 0 Å². The normalized spacial score (nSPS) is 14.2. The predicted octanol–water partition coefficient (Wildman–Crippen LogP) is 10.1. The summed E-state index contributed by atoms with van der Waals surface area (Å²) in [6.45, 7) is 2.67. The van der Waals surface area contributed by atoms with Crippen LogP contribution in [0.2, 0.25) is 0 Å². The molecule has 0 saturated carbocycles. The summed E-state index contributed by atoms with van der Waals surface area (Å²) in [4.78, 5) is 58.8. The van der Waals surface area contributed by atoms with Crippen LogP contribution in [0.25, 0.3) is 43.1 Å². The van der Waals surface area contributed by atoms with Gasteiger partial charge in [0.1, 0.15) is 0 Å². The van der Waals surface area contributed by atoms with Crippen molar-refractivity contribution in [1.29, 1.82) is 0 Å². The third-order valence-electron chi connectivity index (χ3n) is 11.4. The van der Waals surface area contributed by atoms with Crippen LogP contribution in [0.5, 0.6) is 11.5 Å². The summed E-state index contributed by atoms with van der Waals surface area (Å²) in [7, 11) is 3.08. The summed E-state index contributed by atoms with van der Waals surface area (Å²) >= 11 is 0. The highest BCUT2D eigenvalue weighted by Crippen LogP contribution is 2.46. The van der Waals surface area contributed by atoms with Crippen LogP contribution in [0.4, 0.5) is 0 Å². The average molecular weight is 709 g/mol. The minimum atomic E-state index is -0.384. The summed E-state index contributed by atoms with van der Waals surface area (Å²) in [6.07, 6.45) is 11.8. The molecule has 4 amide bonds. The first-order valence-electron chi connectivity index (χ1n) is 19.0. The smallest absolute Gasteiger partial charge is 0.261 e. The summed E-state index contributed by atoms with van der Waals surface area (Å²) in [6, 6.07) is 20.4. The highest BCUT2D eigenvalue weighted by atomic mass is 16.5. The van der Waals surface area contributed by atoms with E-state index in [1.165, 1.54) is 61.9 Å². The van der Waals surface area contributed by atoms with Crippen LogP contribution in [0.1, 0.15) is 118 Å². The molecule has 2 aliphatic heterocycles. The van der Waals surface area contributed by atoms with E-state index in [0.717, 1.165) is 51.6 Å². The Kier molecular flexibility index (Phi) is 9.23. The van der Waals surface area contributed by atoms with E-state index >= 15 is 0 Å². The minimum Gasteiger partial charge on any atom is -0.493 e. The SMILES string of the molecule is CCCCCCCCCCCCN1C(=O)c2ccc3c4ccc5c6c(ccc(c7ccc(c2c37)C1=O)c64)C(=O)N(Cc1cccc(OC)c1OC)C5=O. The number of hydrogen-bond acceptors (Lipinski definition) is 6. The van der Waals surface area contributed by atoms with Gasteiger partial charge in [0.15, 0.2) is 11.5 Å². The van der Waals surface area contributed by atoms with E-state index in [1.54, 1.807) is 31.4 Å². The number of carbonyl (C=O) groups excluding carboxylic acids is 4. The fourth-order valence-corrected chi connectivity index (χ4v) is 8.72. The van der Waals surface area contributed by atoms with Gasteiger partial charge in [0, 0.05) is 45.1 Å². The number of para-hydroxylation sites is 1. The Bertz CT molecular complexity index is 2330. The van der Waals surface area contributed by atoms with Gasteiger partial charge in [0.25, 0.3) is 23.6 Å². The maximum atomic E-state index is 14.1. The molecule has 2 aliphatic rings. The van der Waals surface area contributed by atoms with E-state index in [-0.39, 0.29) is 30.2 Å². The van der Waals surface area contributed by atoms with Gasteiger partial charge in [-0.05, 0) is 69.1 Å². The molecule has 8 nitrogen and oxygen atoms in total. The molecule has 0 unspecified atom stereocenters. The van der Waals surface area contributed by atoms with Crippen LogP contribution in [-0.2, 0) is 6.54 Å². The molecule has 8 heteroatoms. The van der Waals surface area contributed by atoms with Crippen LogP contribution in [-0.4, -0.2) is 54.2 Å². The second-order valence-electron chi connectivity index (χ2n) is 14.4. The molecule has 6 aromatic carbocycles. The van der Waals surface area contributed by atoms with Crippen LogP contribution in [0.15, 0.2) is 66.7 Å². The molecule has 0 fully saturated rings. The van der Waals surface area contributed by atoms with Gasteiger partial charge in [-0.3, -0.25) is 29.0 Å². The molecule has 53 heavy (non-hydrogen) atoms. The molecule has 0 N–H and O–H groups in total. The van der Waals surface area contributed by atoms with Gasteiger partial charge in [0.2, 0.25) is 0 Å². The van der Waals surface area contributed by atoms with Gasteiger partial charge < -0.3 is 9.47 Å². The van der Waals surface area contributed by atoms with Crippen LogP contribution < -0.4 is 9.47 Å². The Morgan fingerprint density at radius 2 is 0.906 bits per heavy atom. The number of imide groups is 2. The van der Waals surface area contributed by atoms with Crippen molar-refractivity contribution in [2.45, 2.75) is 77.7 Å². The van der Waals surface area contributed by atoms with Gasteiger partial charge in [-0.25, -0.2) is 0 Å². The number of rotatable bonds is 15. The van der Waals surface area contributed by atoms with E-state index in [0.29, 0.717) is 56.6 Å². The Morgan fingerprint density at radius 1 is 0.472 bits per heavy atom. The van der Waals surface area contributed by atoms with Crippen molar-refractivity contribution in [2.75, 3.05) is 20.8 Å². The molecule has 0 spiro atoms. The van der Waals surface area contributed by atoms with Gasteiger partial charge >= 0.3 is 0 Å². The number of methoxy groups -OCH3 is 2. The zero-order valence-electron chi connectivity index (χ0n) is 30.7. The van der Waals surface area contributed by atoms with Crippen molar-refractivity contribution in [3.05, 3.63) is 94.5 Å². The van der Waals surface area contributed by atoms with Crippen molar-refractivity contribution in [2.24, 2.45) is 0 Å². The molecule has 0 bridgehead atoms. The lowest BCUT2D eigenvalue weighted by molar-refractivity contribution is 0.0586. The second kappa shape index (κ2) is 14.1. The number of ether oxygens (including phenoxy) is 2.